The van der Waals surface area contributed by atoms with Gasteiger partial charge in [0.25, 0.3) is 0 Å². The maximum absolute atomic E-state index is 14.0. The molecule has 4 heteroatoms. The fraction of sp³-hybridized carbons (Fsp3) is 0.600. The highest BCUT2D eigenvalue weighted by atomic mass is 19.2. The van der Waals surface area contributed by atoms with E-state index in [2.05, 4.69) is 5.32 Å². The van der Waals surface area contributed by atoms with Gasteiger partial charge in [-0.05, 0) is 38.3 Å². The van der Waals surface area contributed by atoms with Gasteiger partial charge in [-0.2, -0.15) is 0 Å². The second kappa shape index (κ2) is 5.97. The van der Waals surface area contributed by atoms with E-state index < -0.39 is 17.2 Å². The van der Waals surface area contributed by atoms with Crippen molar-refractivity contribution in [2.75, 3.05) is 13.7 Å². The number of nitrogens with one attached hydrogen (secondary N) is 1. The number of ether oxygens (including phenoxy) is 1. The molecule has 0 amide bonds. The van der Waals surface area contributed by atoms with Crippen molar-refractivity contribution < 1.29 is 13.5 Å². The molecule has 19 heavy (non-hydrogen) atoms. The number of halogens is 2. The van der Waals surface area contributed by atoms with E-state index in [1.165, 1.54) is 0 Å². The van der Waals surface area contributed by atoms with Crippen LogP contribution in [0.25, 0.3) is 0 Å². The molecule has 1 aromatic carbocycles. The summed E-state index contributed by atoms with van der Waals surface area (Å²) in [6, 6.07) is 4.05. The Bertz CT molecular complexity index is 427. The first-order valence-electron chi connectivity index (χ1n) is 6.87. The maximum atomic E-state index is 14.0. The third-order valence-electron chi connectivity index (χ3n) is 4.02. The molecule has 1 unspecified atom stereocenters. The van der Waals surface area contributed by atoms with Crippen molar-refractivity contribution in [1.82, 2.24) is 5.32 Å². The van der Waals surface area contributed by atoms with Crippen molar-refractivity contribution in [3.05, 3.63) is 35.4 Å². The first-order valence-corrected chi connectivity index (χ1v) is 6.87. The zero-order valence-electron chi connectivity index (χ0n) is 11.5. The van der Waals surface area contributed by atoms with Crippen molar-refractivity contribution >= 4 is 0 Å². The molecule has 1 atom stereocenters. The molecule has 0 saturated heterocycles. The SMILES string of the molecule is CCCNC(c1cccc(F)c1F)C1(OC)CCC1. The topological polar surface area (TPSA) is 21.3 Å². The van der Waals surface area contributed by atoms with Gasteiger partial charge in [-0.25, -0.2) is 8.78 Å². The molecule has 1 aliphatic rings. The van der Waals surface area contributed by atoms with Crippen LogP contribution in [0, 0.1) is 11.6 Å². The molecular formula is C15H21F2NO. The van der Waals surface area contributed by atoms with Crippen LogP contribution >= 0.6 is 0 Å². The monoisotopic (exact) mass is 269 g/mol. The zero-order valence-corrected chi connectivity index (χ0v) is 11.5. The number of hydrogen-bond donors (Lipinski definition) is 1. The largest absolute Gasteiger partial charge is 0.376 e. The molecule has 106 valence electrons. The first-order chi connectivity index (χ1) is 9.14. The summed E-state index contributed by atoms with van der Waals surface area (Å²) in [4.78, 5) is 0. The summed E-state index contributed by atoms with van der Waals surface area (Å²) in [6.45, 7) is 2.80. The fourth-order valence-corrected chi connectivity index (χ4v) is 2.75. The number of hydrogen-bond acceptors (Lipinski definition) is 2. The van der Waals surface area contributed by atoms with Crippen LogP contribution in [0.4, 0.5) is 8.78 Å². The molecule has 0 aliphatic heterocycles. The van der Waals surface area contributed by atoms with E-state index in [4.69, 9.17) is 4.74 Å². The number of benzene rings is 1. The Morgan fingerprint density at radius 1 is 1.37 bits per heavy atom. The zero-order chi connectivity index (χ0) is 13.9. The Balaban J connectivity index is 2.34. The average Bonchev–Trinajstić information content (AvgIpc) is 2.36. The Kier molecular flexibility index (Phi) is 4.53. The highest BCUT2D eigenvalue weighted by molar-refractivity contribution is 5.26. The van der Waals surface area contributed by atoms with E-state index in [1.807, 2.05) is 6.92 Å². The van der Waals surface area contributed by atoms with E-state index in [0.717, 1.165) is 38.3 Å². The molecule has 2 rings (SSSR count). The molecule has 1 N–H and O–H groups in total. The molecule has 0 radical (unpaired) electrons. The lowest BCUT2D eigenvalue weighted by atomic mass is 9.72. The Hall–Kier alpha value is -1.00. The van der Waals surface area contributed by atoms with Gasteiger partial charge in [0.1, 0.15) is 0 Å². The van der Waals surface area contributed by atoms with Gasteiger partial charge in [-0.15, -0.1) is 0 Å². The van der Waals surface area contributed by atoms with Crippen LogP contribution in [0.3, 0.4) is 0 Å². The smallest absolute Gasteiger partial charge is 0.163 e. The van der Waals surface area contributed by atoms with Crippen molar-refractivity contribution in [2.45, 2.75) is 44.2 Å². The standard InChI is InChI=1S/C15H21F2NO/c1-3-10-18-14(15(19-2)8-5-9-15)11-6-4-7-12(16)13(11)17/h4,6-7,14,18H,3,5,8-10H2,1-2H3. The minimum atomic E-state index is -0.800. The van der Waals surface area contributed by atoms with Gasteiger partial charge in [0.05, 0.1) is 11.6 Å². The van der Waals surface area contributed by atoms with Gasteiger partial charge < -0.3 is 10.1 Å². The number of rotatable bonds is 6. The highest BCUT2D eigenvalue weighted by Crippen LogP contribution is 2.45. The molecule has 0 heterocycles. The van der Waals surface area contributed by atoms with Gasteiger partial charge in [0, 0.05) is 12.7 Å². The predicted molar refractivity (Wildman–Crippen MR) is 71.0 cm³/mol. The van der Waals surface area contributed by atoms with E-state index in [-0.39, 0.29) is 6.04 Å². The Labute approximate surface area is 113 Å². The van der Waals surface area contributed by atoms with Crippen LogP contribution in [-0.2, 0) is 4.74 Å². The molecule has 0 bridgehead atoms. The van der Waals surface area contributed by atoms with Crippen molar-refractivity contribution in [3.63, 3.8) is 0 Å². The van der Waals surface area contributed by atoms with Gasteiger partial charge in [0.15, 0.2) is 11.6 Å². The van der Waals surface area contributed by atoms with Gasteiger partial charge in [0.2, 0.25) is 0 Å². The summed E-state index contributed by atoms with van der Waals surface area (Å²) in [5.41, 5.74) is -0.0286. The Morgan fingerprint density at radius 2 is 2.11 bits per heavy atom. The summed E-state index contributed by atoms with van der Waals surface area (Å²) in [6.07, 6.45) is 3.75. The summed E-state index contributed by atoms with van der Waals surface area (Å²) in [7, 11) is 1.65. The minimum Gasteiger partial charge on any atom is -0.376 e. The molecule has 0 aromatic heterocycles. The third kappa shape index (κ3) is 2.65. The van der Waals surface area contributed by atoms with E-state index in [1.54, 1.807) is 19.2 Å². The van der Waals surface area contributed by atoms with E-state index in [0.29, 0.717) is 5.56 Å². The second-order valence-electron chi connectivity index (χ2n) is 5.15. The summed E-state index contributed by atoms with van der Waals surface area (Å²) >= 11 is 0. The van der Waals surface area contributed by atoms with Gasteiger partial charge in [-0.1, -0.05) is 19.1 Å². The van der Waals surface area contributed by atoms with Crippen molar-refractivity contribution in [1.29, 1.82) is 0 Å². The lowest BCUT2D eigenvalue weighted by molar-refractivity contribution is -0.100. The summed E-state index contributed by atoms with van der Waals surface area (Å²) in [5, 5.41) is 3.32. The van der Waals surface area contributed by atoms with Gasteiger partial charge >= 0.3 is 0 Å². The molecule has 2 nitrogen and oxygen atoms in total. The normalized spacial score (nSPS) is 18.9. The maximum Gasteiger partial charge on any atom is 0.163 e. The van der Waals surface area contributed by atoms with Crippen molar-refractivity contribution in [2.24, 2.45) is 0 Å². The number of methoxy groups -OCH3 is 1. The molecular weight excluding hydrogens is 248 g/mol. The minimum absolute atomic E-state index is 0.290. The molecule has 1 aliphatic carbocycles. The van der Waals surface area contributed by atoms with Crippen LogP contribution in [0.2, 0.25) is 0 Å². The quantitative estimate of drug-likeness (QED) is 0.852. The molecule has 1 saturated carbocycles. The summed E-state index contributed by atoms with van der Waals surface area (Å²) < 4.78 is 33.1. The predicted octanol–water partition coefficient (Wildman–Crippen LogP) is 3.57. The average molecular weight is 269 g/mol. The second-order valence-corrected chi connectivity index (χ2v) is 5.15. The van der Waals surface area contributed by atoms with E-state index in [9.17, 15) is 8.78 Å². The van der Waals surface area contributed by atoms with Crippen LogP contribution < -0.4 is 5.32 Å². The first kappa shape index (κ1) is 14.4. The van der Waals surface area contributed by atoms with Crippen LogP contribution in [0.1, 0.15) is 44.2 Å². The highest BCUT2D eigenvalue weighted by Gasteiger charge is 2.46. The van der Waals surface area contributed by atoms with Gasteiger partial charge in [-0.3, -0.25) is 0 Å². The summed E-state index contributed by atoms with van der Waals surface area (Å²) in [5.74, 6) is -1.56. The third-order valence-corrected chi connectivity index (χ3v) is 4.02. The van der Waals surface area contributed by atoms with Crippen LogP contribution in [0.15, 0.2) is 18.2 Å². The lowest BCUT2D eigenvalue weighted by Crippen LogP contribution is -2.51. The van der Waals surface area contributed by atoms with E-state index >= 15 is 0 Å². The molecule has 1 aromatic rings. The lowest BCUT2D eigenvalue weighted by Gasteiger charge is -2.47. The fourth-order valence-electron chi connectivity index (χ4n) is 2.75. The molecule has 0 spiro atoms. The van der Waals surface area contributed by atoms with Crippen LogP contribution in [0.5, 0.6) is 0 Å². The van der Waals surface area contributed by atoms with Crippen LogP contribution in [-0.4, -0.2) is 19.3 Å². The Morgan fingerprint density at radius 3 is 2.63 bits per heavy atom. The van der Waals surface area contributed by atoms with Crippen molar-refractivity contribution in [3.8, 4) is 0 Å². The molecule has 1 fully saturated rings.